The first kappa shape index (κ1) is 13.4. The largest absolute Gasteiger partial charge is 0.346 e. The van der Waals surface area contributed by atoms with E-state index < -0.39 is 17.5 Å². The molecule has 1 amide bonds. The van der Waals surface area contributed by atoms with Crippen molar-refractivity contribution in [3.8, 4) is 0 Å². The van der Waals surface area contributed by atoms with Gasteiger partial charge in [-0.05, 0) is 24.3 Å². The molecule has 0 fully saturated rings. The maximum Gasteiger partial charge on any atom is 0.254 e. The molecule has 6 heteroatoms. The number of benzene rings is 1. The molecule has 19 heavy (non-hydrogen) atoms. The Balaban J connectivity index is 2.10. The van der Waals surface area contributed by atoms with E-state index in [1.165, 1.54) is 18.3 Å². The number of amides is 1. The Morgan fingerprint density at radius 2 is 2.05 bits per heavy atom. The highest BCUT2D eigenvalue weighted by Crippen LogP contribution is 2.13. The van der Waals surface area contributed by atoms with E-state index >= 15 is 0 Å². The summed E-state index contributed by atoms with van der Waals surface area (Å²) in [5, 5.41) is 2.82. The Kier molecular flexibility index (Phi) is 4.06. The maximum atomic E-state index is 13.4. The van der Waals surface area contributed by atoms with Gasteiger partial charge in [0.1, 0.15) is 0 Å². The quantitative estimate of drug-likeness (QED) is 0.940. The van der Waals surface area contributed by atoms with Crippen LogP contribution in [0.3, 0.4) is 0 Å². The first-order chi connectivity index (χ1) is 9.09. The number of carbonyl (C=O) groups excluding carboxylic acids is 1. The van der Waals surface area contributed by atoms with Crippen molar-refractivity contribution in [2.24, 2.45) is 0 Å². The molecule has 0 unspecified atom stereocenters. The summed E-state index contributed by atoms with van der Waals surface area (Å²) in [7, 11) is 0. The van der Waals surface area contributed by atoms with Crippen LogP contribution < -0.4 is 5.32 Å². The van der Waals surface area contributed by atoms with Crippen molar-refractivity contribution in [1.29, 1.82) is 0 Å². The second-order valence-electron chi connectivity index (χ2n) is 3.72. The number of aromatic nitrogens is 1. The molecular formula is C13H9ClF2N2O. The van der Waals surface area contributed by atoms with Crippen LogP contribution in [-0.4, -0.2) is 10.9 Å². The molecule has 0 aliphatic rings. The molecule has 1 heterocycles. The lowest BCUT2D eigenvalue weighted by Crippen LogP contribution is -2.24. The first-order valence-electron chi connectivity index (χ1n) is 5.41. The number of nitrogens with zero attached hydrogens (tertiary/aromatic N) is 1. The van der Waals surface area contributed by atoms with Gasteiger partial charge >= 0.3 is 0 Å². The summed E-state index contributed by atoms with van der Waals surface area (Å²) < 4.78 is 26.4. The van der Waals surface area contributed by atoms with Gasteiger partial charge in [-0.2, -0.15) is 0 Å². The highest BCUT2D eigenvalue weighted by Gasteiger charge is 2.15. The summed E-state index contributed by atoms with van der Waals surface area (Å²) in [6.07, 6.45) is 1.52. The van der Waals surface area contributed by atoms with Crippen LogP contribution in [0.15, 0.2) is 36.5 Å². The number of nitrogens with one attached hydrogen (secondary N) is 1. The van der Waals surface area contributed by atoms with Gasteiger partial charge in [-0.1, -0.05) is 17.7 Å². The van der Waals surface area contributed by atoms with Crippen LogP contribution in [0.5, 0.6) is 0 Å². The molecule has 2 rings (SSSR count). The topological polar surface area (TPSA) is 42.0 Å². The lowest BCUT2D eigenvalue weighted by atomic mass is 10.2. The highest BCUT2D eigenvalue weighted by molar-refractivity contribution is 6.31. The Hall–Kier alpha value is -2.01. The molecule has 2 aromatic rings. The fourth-order valence-corrected chi connectivity index (χ4v) is 1.68. The lowest BCUT2D eigenvalue weighted by Gasteiger charge is -2.07. The van der Waals surface area contributed by atoms with Crippen molar-refractivity contribution in [3.05, 3.63) is 64.4 Å². The molecule has 0 spiro atoms. The third kappa shape index (κ3) is 3.06. The number of hydrogen-bond donors (Lipinski definition) is 1. The van der Waals surface area contributed by atoms with E-state index in [-0.39, 0.29) is 12.1 Å². The summed E-state index contributed by atoms with van der Waals surface area (Å²) in [6, 6.07) is 6.69. The predicted octanol–water partition coefficient (Wildman–Crippen LogP) is 2.94. The third-order valence-electron chi connectivity index (χ3n) is 2.45. The first-order valence-corrected chi connectivity index (χ1v) is 5.79. The number of rotatable bonds is 3. The normalized spacial score (nSPS) is 10.3. The minimum Gasteiger partial charge on any atom is -0.346 e. The van der Waals surface area contributed by atoms with Gasteiger partial charge in [0, 0.05) is 6.20 Å². The highest BCUT2D eigenvalue weighted by atomic mass is 35.5. The van der Waals surface area contributed by atoms with Crippen LogP contribution in [0.1, 0.15) is 16.1 Å². The molecule has 0 saturated heterocycles. The van der Waals surface area contributed by atoms with Gasteiger partial charge in [-0.25, -0.2) is 8.78 Å². The molecule has 0 aliphatic carbocycles. The van der Waals surface area contributed by atoms with E-state index in [0.717, 1.165) is 6.07 Å². The average Bonchev–Trinajstić information content (AvgIpc) is 2.40. The molecule has 1 N–H and O–H groups in total. The zero-order valence-electron chi connectivity index (χ0n) is 9.66. The monoisotopic (exact) mass is 282 g/mol. The summed E-state index contributed by atoms with van der Waals surface area (Å²) in [5.41, 5.74) is 0.0985. The molecule has 1 aromatic carbocycles. The molecule has 0 radical (unpaired) electrons. The molecule has 3 nitrogen and oxygen atoms in total. The number of pyridine rings is 1. The van der Waals surface area contributed by atoms with Gasteiger partial charge in [-0.3, -0.25) is 9.78 Å². The Labute approximate surface area is 113 Å². The summed E-state index contributed by atoms with van der Waals surface area (Å²) in [6.45, 7) is 0.0362. The predicted molar refractivity (Wildman–Crippen MR) is 66.8 cm³/mol. The SMILES string of the molecule is O=C(NCc1ncccc1Cl)c1cccc(F)c1F. The molecule has 0 bridgehead atoms. The smallest absolute Gasteiger partial charge is 0.254 e. The fourth-order valence-electron chi connectivity index (χ4n) is 1.49. The van der Waals surface area contributed by atoms with Gasteiger partial charge in [0.15, 0.2) is 11.6 Å². The van der Waals surface area contributed by atoms with Gasteiger partial charge in [0.05, 0.1) is 22.8 Å². The van der Waals surface area contributed by atoms with Gasteiger partial charge in [0.25, 0.3) is 5.91 Å². The summed E-state index contributed by atoms with van der Waals surface area (Å²) >= 11 is 5.86. The van der Waals surface area contributed by atoms with Crippen molar-refractivity contribution in [1.82, 2.24) is 10.3 Å². The van der Waals surface area contributed by atoms with Crippen molar-refractivity contribution >= 4 is 17.5 Å². The summed E-state index contributed by atoms with van der Waals surface area (Å²) in [4.78, 5) is 15.7. The van der Waals surface area contributed by atoms with E-state index in [1.54, 1.807) is 12.1 Å². The summed E-state index contributed by atoms with van der Waals surface area (Å²) in [5.74, 6) is -2.96. The van der Waals surface area contributed by atoms with Crippen molar-refractivity contribution in [2.45, 2.75) is 6.54 Å². The Morgan fingerprint density at radius 1 is 1.26 bits per heavy atom. The van der Waals surface area contributed by atoms with Crippen LogP contribution in [0.25, 0.3) is 0 Å². The second-order valence-corrected chi connectivity index (χ2v) is 4.12. The van der Waals surface area contributed by atoms with Crippen LogP contribution in [0.4, 0.5) is 8.78 Å². The number of halogens is 3. The van der Waals surface area contributed by atoms with Crippen LogP contribution >= 0.6 is 11.6 Å². The minimum atomic E-state index is -1.17. The zero-order valence-corrected chi connectivity index (χ0v) is 10.4. The number of hydrogen-bond acceptors (Lipinski definition) is 2. The standard InChI is InChI=1S/C13H9ClF2N2O/c14-9-4-2-6-17-11(9)7-18-13(19)8-3-1-5-10(15)12(8)16/h1-6H,7H2,(H,18,19). The molecule has 98 valence electrons. The van der Waals surface area contributed by atoms with Crippen molar-refractivity contribution < 1.29 is 13.6 Å². The zero-order chi connectivity index (χ0) is 13.8. The van der Waals surface area contributed by atoms with E-state index in [4.69, 9.17) is 11.6 Å². The van der Waals surface area contributed by atoms with E-state index in [9.17, 15) is 13.6 Å². The van der Waals surface area contributed by atoms with E-state index in [2.05, 4.69) is 10.3 Å². The minimum absolute atomic E-state index is 0.0362. The second kappa shape index (κ2) is 5.75. The number of carbonyl (C=O) groups is 1. The lowest BCUT2D eigenvalue weighted by molar-refractivity contribution is 0.0945. The van der Waals surface area contributed by atoms with Gasteiger partial charge in [-0.15, -0.1) is 0 Å². The van der Waals surface area contributed by atoms with Gasteiger partial charge < -0.3 is 5.32 Å². The molecule has 0 atom stereocenters. The molecular weight excluding hydrogens is 274 g/mol. The molecule has 0 aliphatic heterocycles. The average molecular weight is 283 g/mol. The van der Waals surface area contributed by atoms with Crippen molar-refractivity contribution in [2.75, 3.05) is 0 Å². The van der Waals surface area contributed by atoms with Crippen molar-refractivity contribution in [3.63, 3.8) is 0 Å². The maximum absolute atomic E-state index is 13.4. The third-order valence-corrected chi connectivity index (χ3v) is 2.79. The Morgan fingerprint density at radius 3 is 2.79 bits per heavy atom. The van der Waals surface area contributed by atoms with Crippen LogP contribution in [0, 0.1) is 11.6 Å². The van der Waals surface area contributed by atoms with E-state index in [0.29, 0.717) is 10.7 Å². The van der Waals surface area contributed by atoms with Gasteiger partial charge in [0.2, 0.25) is 0 Å². The van der Waals surface area contributed by atoms with Crippen LogP contribution in [-0.2, 0) is 6.54 Å². The Bertz CT molecular complexity index is 619. The molecule has 1 aromatic heterocycles. The van der Waals surface area contributed by atoms with Crippen LogP contribution in [0.2, 0.25) is 5.02 Å². The molecule has 0 saturated carbocycles. The fraction of sp³-hybridized carbons (Fsp3) is 0.0769. The van der Waals surface area contributed by atoms with E-state index in [1.807, 2.05) is 0 Å².